The number of rotatable bonds is 6. The minimum absolute atomic E-state index is 0.0794. The Morgan fingerprint density at radius 1 is 1.18 bits per heavy atom. The van der Waals surface area contributed by atoms with Crippen LogP contribution >= 0.6 is 0 Å². The number of hydrogen-bond acceptors (Lipinski definition) is 4. The normalized spacial score (nSPS) is 10.8. The van der Waals surface area contributed by atoms with Crippen LogP contribution in [-0.4, -0.2) is 28.6 Å². The van der Waals surface area contributed by atoms with Crippen molar-refractivity contribution < 1.29 is 9.84 Å². The van der Waals surface area contributed by atoms with Gasteiger partial charge >= 0.3 is 0 Å². The van der Waals surface area contributed by atoms with E-state index in [-0.39, 0.29) is 6.61 Å². The third kappa shape index (κ3) is 3.25. The number of aliphatic hydroxyl groups excluding tert-OH is 1. The van der Waals surface area contributed by atoms with E-state index in [1.165, 1.54) is 5.56 Å². The number of aromatic nitrogens is 2. The SMILES string of the molecule is COc1c(C)cc(CNc2c(C)c(C)nn2CCO)cc1C. The monoisotopic (exact) mass is 303 g/mol. The molecule has 2 N–H and O–H groups in total. The van der Waals surface area contributed by atoms with Crippen molar-refractivity contribution in [3.8, 4) is 5.75 Å². The zero-order chi connectivity index (χ0) is 16.3. The molecule has 5 nitrogen and oxygen atoms in total. The summed E-state index contributed by atoms with van der Waals surface area (Å²) in [6.45, 7) is 9.43. The van der Waals surface area contributed by atoms with Gasteiger partial charge in [-0.2, -0.15) is 5.10 Å². The van der Waals surface area contributed by atoms with Gasteiger partial charge in [0.2, 0.25) is 0 Å². The number of methoxy groups -OCH3 is 1. The fraction of sp³-hybridized carbons (Fsp3) is 0.471. The fourth-order valence-electron chi connectivity index (χ4n) is 2.80. The summed E-state index contributed by atoms with van der Waals surface area (Å²) in [6, 6.07) is 4.27. The molecule has 1 aromatic heterocycles. The maximum atomic E-state index is 9.16. The Labute approximate surface area is 131 Å². The Kier molecular flexibility index (Phi) is 5.08. The molecule has 2 aromatic rings. The van der Waals surface area contributed by atoms with E-state index in [0.717, 1.165) is 34.0 Å². The summed E-state index contributed by atoms with van der Waals surface area (Å²) >= 11 is 0. The number of anilines is 1. The number of aryl methyl sites for hydroxylation is 3. The summed E-state index contributed by atoms with van der Waals surface area (Å²) in [5.74, 6) is 1.92. The molecule has 0 radical (unpaired) electrons. The molecule has 0 spiro atoms. The third-order valence-electron chi connectivity index (χ3n) is 3.92. The molecule has 0 bridgehead atoms. The molecule has 0 saturated heterocycles. The van der Waals surface area contributed by atoms with Crippen molar-refractivity contribution >= 4 is 5.82 Å². The van der Waals surface area contributed by atoms with Crippen molar-refractivity contribution in [1.82, 2.24) is 9.78 Å². The Balaban J connectivity index is 2.20. The smallest absolute Gasteiger partial charge is 0.127 e. The van der Waals surface area contributed by atoms with E-state index in [0.29, 0.717) is 13.1 Å². The number of nitrogens with one attached hydrogen (secondary N) is 1. The molecule has 0 fully saturated rings. The molecule has 5 heteroatoms. The van der Waals surface area contributed by atoms with Gasteiger partial charge in [0.05, 0.1) is 26.0 Å². The zero-order valence-electron chi connectivity index (χ0n) is 14.0. The van der Waals surface area contributed by atoms with Crippen molar-refractivity contribution in [3.63, 3.8) is 0 Å². The second kappa shape index (κ2) is 6.83. The lowest BCUT2D eigenvalue weighted by molar-refractivity contribution is 0.270. The highest BCUT2D eigenvalue weighted by Crippen LogP contribution is 2.25. The van der Waals surface area contributed by atoms with E-state index >= 15 is 0 Å². The van der Waals surface area contributed by atoms with Gasteiger partial charge in [-0.05, 0) is 44.4 Å². The third-order valence-corrected chi connectivity index (χ3v) is 3.92. The number of aliphatic hydroxyl groups is 1. The maximum absolute atomic E-state index is 9.16. The predicted octanol–water partition coefficient (Wildman–Crippen LogP) is 2.73. The van der Waals surface area contributed by atoms with E-state index in [9.17, 15) is 0 Å². The van der Waals surface area contributed by atoms with Crippen LogP contribution in [0.2, 0.25) is 0 Å². The van der Waals surface area contributed by atoms with E-state index in [1.807, 2.05) is 18.5 Å². The van der Waals surface area contributed by atoms with E-state index in [2.05, 4.69) is 36.4 Å². The fourth-order valence-corrected chi connectivity index (χ4v) is 2.80. The van der Waals surface area contributed by atoms with Crippen molar-refractivity contribution in [2.45, 2.75) is 40.8 Å². The van der Waals surface area contributed by atoms with Gasteiger partial charge in [-0.15, -0.1) is 0 Å². The summed E-state index contributed by atoms with van der Waals surface area (Å²) in [6.07, 6.45) is 0. The number of hydrogen-bond donors (Lipinski definition) is 2. The topological polar surface area (TPSA) is 59.3 Å². The van der Waals surface area contributed by atoms with Crippen LogP contribution in [0.5, 0.6) is 5.75 Å². The van der Waals surface area contributed by atoms with Gasteiger partial charge in [0.25, 0.3) is 0 Å². The lowest BCUT2D eigenvalue weighted by Crippen LogP contribution is -2.11. The summed E-state index contributed by atoms with van der Waals surface area (Å²) in [7, 11) is 1.70. The minimum atomic E-state index is 0.0794. The van der Waals surface area contributed by atoms with Crippen molar-refractivity contribution in [3.05, 3.63) is 40.1 Å². The van der Waals surface area contributed by atoms with Crippen LogP contribution in [0.3, 0.4) is 0 Å². The standard InChI is InChI=1S/C17H25N3O2/c1-11-8-15(9-12(2)16(11)22-5)10-18-17-13(3)14(4)19-20(17)6-7-21/h8-9,18,21H,6-7,10H2,1-5H3. The molecule has 0 saturated carbocycles. The Morgan fingerprint density at radius 3 is 2.36 bits per heavy atom. The van der Waals surface area contributed by atoms with Crippen LogP contribution in [0.15, 0.2) is 12.1 Å². The van der Waals surface area contributed by atoms with Crippen molar-refractivity contribution in [2.75, 3.05) is 19.0 Å². The molecule has 0 unspecified atom stereocenters. The molecule has 0 aliphatic carbocycles. The first-order valence-corrected chi connectivity index (χ1v) is 7.50. The van der Waals surface area contributed by atoms with Gasteiger partial charge in [0, 0.05) is 12.1 Å². The van der Waals surface area contributed by atoms with Crippen LogP contribution in [-0.2, 0) is 13.1 Å². The van der Waals surface area contributed by atoms with Gasteiger partial charge in [0.1, 0.15) is 11.6 Å². The summed E-state index contributed by atoms with van der Waals surface area (Å²) < 4.78 is 7.23. The highest BCUT2D eigenvalue weighted by atomic mass is 16.5. The Hall–Kier alpha value is -2.01. The van der Waals surface area contributed by atoms with E-state index < -0.39 is 0 Å². The van der Waals surface area contributed by atoms with Crippen LogP contribution in [0, 0.1) is 27.7 Å². The average Bonchev–Trinajstić information content (AvgIpc) is 2.72. The number of ether oxygens (including phenoxy) is 1. The van der Waals surface area contributed by atoms with Gasteiger partial charge < -0.3 is 15.2 Å². The summed E-state index contributed by atoms with van der Waals surface area (Å²) in [5.41, 5.74) is 5.57. The lowest BCUT2D eigenvalue weighted by Gasteiger charge is -2.14. The van der Waals surface area contributed by atoms with Crippen molar-refractivity contribution in [1.29, 1.82) is 0 Å². The first-order valence-electron chi connectivity index (χ1n) is 7.50. The van der Waals surface area contributed by atoms with Gasteiger partial charge in [-0.25, -0.2) is 4.68 Å². The van der Waals surface area contributed by atoms with E-state index in [1.54, 1.807) is 7.11 Å². The molecular weight excluding hydrogens is 278 g/mol. The molecule has 0 aliphatic rings. The van der Waals surface area contributed by atoms with E-state index in [4.69, 9.17) is 9.84 Å². The van der Waals surface area contributed by atoms with Gasteiger partial charge in [0.15, 0.2) is 0 Å². The molecule has 0 atom stereocenters. The van der Waals surface area contributed by atoms with Crippen LogP contribution < -0.4 is 10.1 Å². The highest BCUT2D eigenvalue weighted by molar-refractivity contribution is 5.49. The summed E-state index contributed by atoms with van der Waals surface area (Å²) in [5, 5.41) is 17.1. The van der Waals surface area contributed by atoms with Crippen molar-refractivity contribution in [2.24, 2.45) is 0 Å². The number of benzene rings is 1. The zero-order valence-corrected chi connectivity index (χ0v) is 14.0. The average molecular weight is 303 g/mol. The number of nitrogens with zero attached hydrogens (tertiary/aromatic N) is 2. The van der Waals surface area contributed by atoms with Crippen LogP contribution in [0.4, 0.5) is 5.82 Å². The molecule has 1 aromatic carbocycles. The van der Waals surface area contributed by atoms with Crippen LogP contribution in [0.1, 0.15) is 27.9 Å². The lowest BCUT2D eigenvalue weighted by atomic mass is 10.1. The Bertz CT molecular complexity index is 639. The predicted molar refractivity (Wildman–Crippen MR) is 88.6 cm³/mol. The molecule has 2 rings (SSSR count). The Morgan fingerprint density at radius 2 is 1.82 bits per heavy atom. The molecule has 0 amide bonds. The molecular formula is C17H25N3O2. The first kappa shape index (κ1) is 16.4. The minimum Gasteiger partial charge on any atom is -0.496 e. The largest absolute Gasteiger partial charge is 0.496 e. The molecule has 0 aliphatic heterocycles. The second-order valence-corrected chi connectivity index (χ2v) is 5.62. The quantitative estimate of drug-likeness (QED) is 0.861. The first-order chi connectivity index (χ1) is 10.5. The second-order valence-electron chi connectivity index (χ2n) is 5.62. The van der Waals surface area contributed by atoms with Gasteiger partial charge in [-0.3, -0.25) is 0 Å². The maximum Gasteiger partial charge on any atom is 0.127 e. The molecule has 120 valence electrons. The molecule has 1 heterocycles. The summed E-state index contributed by atoms with van der Waals surface area (Å²) in [4.78, 5) is 0. The van der Waals surface area contributed by atoms with Crippen LogP contribution in [0.25, 0.3) is 0 Å². The highest BCUT2D eigenvalue weighted by Gasteiger charge is 2.11. The molecule has 22 heavy (non-hydrogen) atoms. The van der Waals surface area contributed by atoms with Gasteiger partial charge in [-0.1, -0.05) is 12.1 Å².